The molecule has 0 saturated carbocycles. The normalized spacial score (nSPS) is 12.2. The molecule has 4 heteroatoms. The van der Waals surface area contributed by atoms with Crippen molar-refractivity contribution >= 4 is 22.6 Å². The first-order chi connectivity index (χ1) is 8.15. The molecule has 0 aliphatic heterocycles. The van der Waals surface area contributed by atoms with Crippen LogP contribution in [0.2, 0.25) is 0 Å². The van der Waals surface area contributed by atoms with E-state index in [2.05, 4.69) is 27.6 Å². The monoisotopic (exact) mass is 340 g/mol. The van der Waals surface area contributed by atoms with Gasteiger partial charge in [-0.15, -0.1) is 0 Å². The molecular formula is C13H13IN2O. The van der Waals surface area contributed by atoms with Crippen LogP contribution in [0.5, 0.6) is 11.5 Å². The van der Waals surface area contributed by atoms with Gasteiger partial charge in [-0.25, -0.2) is 0 Å². The van der Waals surface area contributed by atoms with Crippen LogP contribution in [0, 0.1) is 3.57 Å². The van der Waals surface area contributed by atoms with E-state index in [1.54, 1.807) is 6.20 Å². The molecular weight excluding hydrogens is 327 g/mol. The smallest absolute Gasteiger partial charge is 0.145 e. The van der Waals surface area contributed by atoms with Crippen molar-refractivity contribution in [3.05, 3.63) is 51.9 Å². The average Bonchev–Trinajstić information content (AvgIpc) is 2.33. The van der Waals surface area contributed by atoms with Crippen molar-refractivity contribution in [2.45, 2.75) is 13.0 Å². The molecule has 0 saturated heterocycles. The van der Waals surface area contributed by atoms with E-state index in [9.17, 15) is 0 Å². The van der Waals surface area contributed by atoms with Crippen molar-refractivity contribution in [3.8, 4) is 11.5 Å². The van der Waals surface area contributed by atoms with Crippen molar-refractivity contribution < 1.29 is 4.74 Å². The molecule has 2 N–H and O–H groups in total. The largest absolute Gasteiger partial charge is 0.456 e. The van der Waals surface area contributed by atoms with Gasteiger partial charge < -0.3 is 10.5 Å². The molecule has 0 aliphatic carbocycles. The minimum Gasteiger partial charge on any atom is -0.456 e. The molecule has 1 aromatic heterocycles. The van der Waals surface area contributed by atoms with E-state index < -0.39 is 0 Å². The SMILES string of the molecule is C[C@H](N)c1ccc(Oc2ccc(I)cc2)cn1. The van der Waals surface area contributed by atoms with Gasteiger partial charge in [0.25, 0.3) is 0 Å². The van der Waals surface area contributed by atoms with Crippen molar-refractivity contribution in [1.82, 2.24) is 4.98 Å². The van der Waals surface area contributed by atoms with Crippen LogP contribution in [-0.2, 0) is 0 Å². The number of pyridine rings is 1. The molecule has 88 valence electrons. The Morgan fingerprint density at radius 2 is 1.76 bits per heavy atom. The fourth-order valence-electron chi connectivity index (χ4n) is 1.36. The van der Waals surface area contributed by atoms with E-state index in [0.29, 0.717) is 0 Å². The molecule has 2 rings (SSSR count). The summed E-state index contributed by atoms with van der Waals surface area (Å²) in [5.74, 6) is 1.52. The first-order valence-electron chi connectivity index (χ1n) is 5.30. The molecule has 0 radical (unpaired) electrons. The number of benzene rings is 1. The maximum Gasteiger partial charge on any atom is 0.145 e. The quantitative estimate of drug-likeness (QED) is 0.870. The van der Waals surface area contributed by atoms with Crippen molar-refractivity contribution in [2.75, 3.05) is 0 Å². The molecule has 0 unspecified atom stereocenters. The molecule has 1 atom stereocenters. The second-order valence-electron chi connectivity index (χ2n) is 3.76. The Morgan fingerprint density at radius 1 is 1.12 bits per heavy atom. The highest BCUT2D eigenvalue weighted by Crippen LogP contribution is 2.22. The van der Waals surface area contributed by atoms with Gasteiger partial charge in [0, 0.05) is 9.61 Å². The number of ether oxygens (including phenoxy) is 1. The standard InChI is InChI=1S/C13H13IN2O/c1-9(15)13-7-6-12(8-16-13)17-11-4-2-10(14)3-5-11/h2-9H,15H2,1H3/t9-/m0/s1. The number of hydrogen-bond donors (Lipinski definition) is 1. The zero-order chi connectivity index (χ0) is 12.3. The average molecular weight is 340 g/mol. The third kappa shape index (κ3) is 3.41. The van der Waals surface area contributed by atoms with Crippen molar-refractivity contribution in [1.29, 1.82) is 0 Å². The maximum atomic E-state index is 5.73. The van der Waals surface area contributed by atoms with Crippen molar-refractivity contribution in [3.63, 3.8) is 0 Å². The molecule has 17 heavy (non-hydrogen) atoms. The Hall–Kier alpha value is -1.14. The minimum absolute atomic E-state index is 0.0534. The topological polar surface area (TPSA) is 48.1 Å². The van der Waals surface area contributed by atoms with Crippen LogP contribution in [0.15, 0.2) is 42.6 Å². The molecule has 2 aromatic rings. The van der Waals surface area contributed by atoms with E-state index in [-0.39, 0.29) is 6.04 Å². The second kappa shape index (κ2) is 5.46. The molecule has 1 heterocycles. The lowest BCUT2D eigenvalue weighted by atomic mass is 10.2. The molecule has 0 amide bonds. The molecule has 0 aliphatic rings. The van der Waals surface area contributed by atoms with Gasteiger partial charge in [-0.05, 0) is 65.9 Å². The van der Waals surface area contributed by atoms with Gasteiger partial charge in [-0.1, -0.05) is 0 Å². The lowest BCUT2D eigenvalue weighted by Gasteiger charge is -2.07. The summed E-state index contributed by atoms with van der Waals surface area (Å²) in [6.07, 6.45) is 1.69. The Kier molecular flexibility index (Phi) is 3.96. The molecule has 1 aromatic carbocycles. The summed E-state index contributed by atoms with van der Waals surface area (Å²) >= 11 is 2.26. The zero-order valence-electron chi connectivity index (χ0n) is 9.43. The number of halogens is 1. The van der Waals surface area contributed by atoms with E-state index in [1.165, 1.54) is 3.57 Å². The van der Waals surface area contributed by atoms with Gasteiger partial charge in [0.15, 0.2) is 0 Å². The summed E-state index contributed by atoms with van der Waals surface area (Å²) in [6.45, 7) is 1.90. The van der Waals surface area contributed by atoms with Crippen LogP contribution < -0.4 is 10.5 Å². The lowest BCUT2D eigenvalue weighted by molar-refractivity contribution is 0.479. The minimum atomic E-state index is -0.0534. The number of rotatable bonds is 3. The van der Waals surface area contributed by atoms with Gasteiger partial charge in [0.2, 0.25) is 0 Å². The summed E-state index contributed by atoms with van der Waals surface area (Å²) in [5, 5.41) is 0. The molecule has 3 nitrogen and oxygen atoms in total. The fourth-order valence-corrected chi connectivity index (χ4v) is 1.72. The number of aromatic nitrogens is 1. The van der Waals surface area contributed by atoms with Gasteiger partial charge in [-0.2, -0.15) is 0 Å². The van der Waals surface area contributed by atoms with Gasteiger partial charge in [-0.3, -0.25) is 4.98 Å². The summed E-state index contributed by atoms with van der Waals surface area (Å²) in [5.41, 5.74) is 6.59. The third-order valence-corrected chi connectivity index (χ3v) is 2.99. The van der Waals surface area contributed by atoms with E-state index >= 15 is 0 Å². The molecule has 0 fully saturated rings. The third-order valence-electron chi connectivity index (χ3n) is 2.28. The second-order valence-corrected chi connectivity index (χ2v) is 5.01. The summed E-state index contributed by atoms with van der Waals surface area (Å²) < 4.78 is 6.84. The first kappa shape index (κ1) is 12.3. The number of nitrogens with zero attached hydrogens (tertiary/aromatic N) is 1. The summed E-state index contributed by atoms with van der Waals surface area (Å²) in [4.78, 5) is 4.24. The Balaban J connectivity index is 2.11. The Labute approximate surface area is 114 Å². The Bertz CT molecular complexity index is 480. The molecule has 0 spiro atoms. The predicted molar refractivity (Wildman–Crippen MR) is 76.1 cm³/mol. The highest BCUT2D eigenvalue weighted by Gasteiger charge is 2.02. The summed E-state index contributed by atoms with van der Waals surface area (Å²) in [6, 6.07) is 11.6. The molecule has 0 bridgehead atoms. The first-order valence-corrected chi connectivity index (χ1v) is 6.38. The van der Waals surface area contributed by atoms with Crippen molar-refractivity contribution in [2.24, 2.45) is 5.73 Å². The van der Waals surface area contributed by atoms with E-state index in [4.69, 9.17) is 10.5 Å². The van der Waals surface area contributed by atoms with E-state index in [1.807, 2.05) is 43.3 Å². The van der Waals surface area contributed by atoms with Gasteiger partial charge >= 0.3 is 0 Å². The van der Waals surface area contributed by atoms with Gasteiger partial charge in [0.1, 0.15) is 11.5 Å². The lowest BCUT2D eigenvalue weighted by Crippen LogP contribution is -2.06. The van der Waals surface area contributed by atoms with Gasteiger partial charge in [0.05, 0.1) is 11.9 Å². The number of nitrogens with two attached hydrogens (primary N) is 1. The Morgan fingerprint density at radius 3 is 2.29 bits per heavy atom. The highest BCUT2D eigenvalue weighted by molar-refractivity contribution is 14.1. The van der Waals surface area contributed by atoms with Crippen LogP contribution in [-0.4, -0.2) is 4.98 Å². The van der Waals surface area contributed by atoms with Crippen LogP contribution in [0.4, 0.5) is 0 Å². The number of hydrogen-bond acceptors (Lipinski definition) is 3. The summed E-state index contributed by atoms with van der Waals surface area (Å²) in [7, 11) is 0. The van der Waals surface area contributed by atoms with Crippen LogP contribution in [0.1, 0.15) is 18.7 Å². The zero-order valence-corrected chi connectivity index (χ0v) is 11.6. The van der Waals surface area contributed by atoms with Crippen LogP contribution in [0.3, 0.4) is 0 Å². The predicted octanol–water partition coefficient (Wildman–Crippen LogP) is 3.50. The highest BCUT2D eigenvalue weighted by atomic mass is 127. The maximum absolute atomic E-state index is 5.73. The van der Waals surface area contributed by atoms with E-state index in [0.717, 1.165) is 17.2 Å². The fraction of sp³-hybridized carbons (Fsp3) is 0.154. The van der Waals surface area contributed by atoms with Crippen LogP contribution >= 0.6 is 22.6 Å². The van der Waals surface area contributed by atoms with Crippen LogP contribution in [0.25, 0.3) is 0 Å².